The van der Waals surface area contributed by atoms with E-state index in [9.17, 15) is 8.42 Å². The monoisotopic (exact) mass is 313 g/mol. The second-order valence-corrected chi connectivity index (χ2v) is 7.51. The Balaban J connectivity index is 2.08. The molecule has 5 nitrogen and oxygen atoms in total. The molecule has 0 radical (unpaired) electrons. The van der Waals surface area contributed by atoms with Gasteiger partial charge in [0.25, 0.3) is 0 Å². The first-order valence-electron chi connectivity index (χ1n) is 7.30. The Labute approximate surface area is 126 Å². The Bertz CT molecular complexity index is 583. The van der Waals surface area contributed by atoms with E-state index in [1.807, 2.05) is 6.92 Å². The van der Waals surface area contributed by atoms with E-state index in [2.05, 4.69) is 18.6 Å². The lowest BCUT2D eigenvalue weighted by molar-refractivity contribution is 0.171. The maximum absolute atomic E-state index is 12.4. The zero-order valence-electron chi connectivity index (χ0n) is 12.8. The quantitative estimate of drug-likeness (QED) is 0.876. The summed E-state index contributed by atoms with van der Waals surface area (Å²) in [6.07, 6.45) is 1.81. The molecule has 1 aliphatic heterocycles. The van der Waals surface area contributed by atoms with Crippen molar-refractivity contribution in [3.63, 3.8) is 0 Å². The van der Waals surface area contributed by atoms with Gasteiger partial charge in [-0.05, 0) is 37.8 Å². The summed E-state index contributed by atoms with van der Waals surface area (Å²) in [5.41, 5.74) is 0. The second-order valence-electron chi connectivity index (χ2n) is 5.80. The van der Waals surface area contributed by atoms with Gasteiger partial charge in [0.2, 0.25) is 10.0 Å². The first-order chi connectivity index (χ1) is 9.88. The summed E-state index contributed by atoms with van der Waals surface area (Å²) in [7, 11) is -3.53. The molecular formula is C15H23NO4S. The Morgan fingerprint density at radius 1 is 1.10 bits per heavy atom. The van der Waals surface area contributed by atoms with Gasteiger partial charge in [0.05, 0.1) is 4.90 Å². The maximum atomic E-state index is 12.4. The van der Waals surface area contributed by atoms with E-state index in [0.717, 1.165) is 12.8 Å². The predicted octanol–water partition coefficient (Wildman–Crippen LogP) is 2.56. The first-order valence-corrected chi connectivity index (χ1v) is 8.79. The molecule has 2 rings (SSSR count). The summed E-state index contributed by atoms with van der Waals surface area (Å²) in [6, 6.07) is 4.62. The fraction of sp³-hybridized carbons (Fsp3) is 0.600. The molecule has 118 valence electrons. The summed E-state index contributed by atoms with van der Waals surface area (Å²) in [6.45, 7) is 7.07. The van der Waals surface area contributed by atoms with E-state index in [0.29, 0.717) is 30.6 Å². The van der Waals surface area contributed by atoms with Crippen LogP contribution in [-0.2, 0) is 10.0 Å². The Morgan fingerprint density at radius 3 is 2.43 bits per heavy atom. The van der Waals surface area contributed by atoms with Gasteiger partial charge in [-0.2, -0.15) is 0 Å². The number of sulfonamides is 1. The normalized spacial score (nSPS) is 16.0. The average Bonchev–Trinajstić information content (AvgIpc) is 2.44. The SMILES string of the molecule is CC(C)CC[C@H](C)NS(=O)(=O)c1ccc2c(c1)OCCO2. The molecule has 1 aromatic rings. The van der Waals surface area contributed by atoms with Crippen molar-refractivity contribution in [2.45, 2.75) is 44.6 Å². The van der Waals surface area contributed by atoms with Crippen LogP contribution < -0.4 is 14.2 Å². The van der Waals surface area contributed by atoms with Crippen molar-refractivity contribution < 1.29 is 17.9 Å². The van der Waals surface area contributed by atoms with E-state index in [1.165, 1.54) is 6.07 Å². The Hall–Kier alpha value is -1.27. The maximum Gasteiger partial charge on any atom is 0.240 e. The van der Waals surface area contributed by atoms with Crippen LogP contribution in [0.3, 0.4) is 0 Å². The van der Waals surface area contributed by atoms with Crippen LogP contribution >= 0.6 is 0 Å². The fourth-order valence-electron chi connectivity index (χ4n) is 2.17. The van der Waals surface area contributed by atoms with Crippen molar-refractivity contribution >= 4 is 10.0 Å². The largest absolute Gasteiger partial charge is 0.486 e. The summed E-state index contributed by atoms with van der Waals surface area (Å²) >= 11 is 0. The van der Waals surface area contributed by atoms with E-state index < -0.39 is 10.0 Å². The minimum atomic E-state index is -3.53. The molecule has 1 atom stereocenters. The van der Waals surface area contributed by atoms with Gasteiger partial charge in [-0.25, -0.2) is 13.1 Å². The first kappa shape index (κ1) is 16.1. The van der Waals surface area contributed by atoms with Crippen LogP contribution in [0.2, 0.25) is 0 Å². The molecule has 6 heteroatoms. The van der Waals surface area contributed by atoms with Crippen LogP contribution in [0.15, 0.2) is 23.1 Å². The Kier molecular flexibility index (Phi) is 5.11. The van der Waals surface area contributed by atoms with Crippen LogP contribution in [-0.4, -0.2) is 27.7 Å². The molecule has 0 fully saturated rings. The van der Waals surface area contributed by atoms with Crippen LogP contribution in [0.4, 0.5) is 0 Å². The third-order valence-electron chi connectivity index (χ3n) is 3.36. The van der Waals surface area contributed by atoms with Gasteiger partial charge in [-0.1, -0.05) is 13.8 Å². The van der Waals surface area contributed by atoms with Crippen LogP contribution in [0.1, 0.15) is 33.6 Å². The standard InChI is InChI=1S/C15H23NO4S/c1-11(2)4-5-12(3)16-21(17,18)13-6-7-14-15(10-13)20-9-8-19-14/h6-7,10-12,16H,4-5,8-9H2,1-3H3/t12-/m0/s1. The number of hydrogen-bond acceptors (Lipinski definition) is 4. The summed E-state index contributed by atoms with van der Waals surface area (Å²) < 4.78 is 38.3. The van der Waals surface area contributed by atoms with E-state index >= 15 is 0 Å². The lowest BCUT2D eigenvalue weighted by Gasteiger charge is -2.20. The summed E-state index contributed by atoms with van der Waals surface area (Å²) in [4.78, 5) is 0.211. The number of ether oxygens (including phenoxy) is 2. The van der Waals surface area contributed by atoms with Crippen molar-refractivity contribution in [2.75, 3.05) is 13.2 Å². The van der Waals surface area contributed by atoms with Crippen molar-refractivity contribution in [3.8, 4) is 11.5 Å². The van der Waals surface area contributed by atoms with Gasteiger partial charge >= 0.3 is 0 Å². The van der Waals surface area contributed by atoms with Gasteiger partial charge in [-0.3, -0.25) is 0 Å². The van der Waals surface area contributed by atoms with Gasteiger partial charge in [0.15, 0.2) is 11.5 Å². The number of nitrogens with one attached hydrogen (secondary N) is 1. The van der Waals surface area contributed by atoms with Crippen LogP contribution in [0.25, 0.3) is 0 Å². The lowest BCUT2D eigenvalue weighted by atomic mass is 10.1. The molecule has 0 bridgehead atoms. The summed E-state index contributed by atoms with van der Waals surface area (Å²) in [5.74, 6) is 1.64. The number of fused-ring (bicyclic) bond motifs is 1. The van der Waals surface area contributed by atoms with Gasteiger partial charge in [-0.15, -0.1) is 0 Å². The molecule has 0 aromatic heterocycles. The number of benzene rings is 1. The molecule has 1 aromatic carbocycles. The fourth-order valence-corrected chi connectivity index (χ4v) is 3.46. The predicted molar refractivity (Wildman–Crippen MR) is 81.3 cm³/mol. The molecular weight excluding hydrogens is 290 g/mol. The average molecular weight is 313 g/mol. The molecule has 0 unspecified atom stereocenters. The highest BCUT2D eigenvalue weighted by Gasteiger charge is 2.21. The molecule has 0 saturated heterocycles. The number of hydrogen-bond donors (Lipinski definition) is 1. The van der Waals surface area contributed by atoms with Gasteiger partial charge in [0.1, 0.15) is 13.2 Å². The molecule has 1 N–H and O–H groups in total. The highest BCUT2D eigenvalue weighted by atomic mass is 32.2. The lowest BCUT2D eigenvalue weighted by Crippen LogP contribution is -2.32. The summed E-state index contributed by atoms with van der Waals surface area (Å²) in [5, 5.41) is 0. The third-order valence-corrected chi connectivity index (χ3v) is 4.94. The topological polar surface area (TPSA) is 64.6 Å². The van der Waals surface area contributed by atoms with Crippen LogP contribution in [0, 0.1) is 5.92 Å². The number of rotatable bonds is 6. The Morgan fingerprint density at radius 2 is 1.76 bits per heavy atom. The minimum absolute atomic E-state index is 0.0920. The molecule has 1 heterocycles. The zero-order valence-corrected chi connectivity index (χ0v) is 13.6. The van der Waals surface area contributed by atoms with Crippen molar-refractivity contribution in [3.05, 3.63) is 18.2 Å². The zero-order chi connectivity index (χ0) is 15.5. The van der Waals surface area contributed by atoms with E-state index in [-0.39, 0.29) is 10.9 Å². The molecule has 0 saturated carbocycles. The third kappa shape index (κ3) is 4.35. The highest BCUT2D eigenvalue weighted by molar-refractivity contribution is 7.89. The van der Waals surface area contributed by atoms with Gasteiger partial charge in [0, 0.05) is 12.1 Å². The van der Waals surface area contributed by atoms with E-state index in [4.69, 9.17) is 9.47 Å². The molecule has 0 aliphatic carbocycles. The molecule has 0 amide bonds. The van der Waals surface area contributed by atoms with Crippen molar-refractivity contribution in [1.82, 2.24) is 4.72 Å². The van der Waals surface area contributed by atoms with E-state index in [1.54, 1.807) is 12.1 Å². The second kappa shape index (κ2) is 6.66. The highest BCUT2D eigenvalue weighted by Crippen LogP contribution is 2.32. The minimum Gasteiger partial charge on any atom is -0.486 e. The molecule has 21 heavy (non-hydrogen) atoms. The van der Waals surface area contributed by atoms with Crippen LogP contribution in [0.5, 0.6) is 11.5 Å². The van der Waals surface area contributed by atoms with Crippen molar-refractivity contribution in [2.24, 2.45) is 5.92 Å². The molecule has 0 spiro atoms. The van der Waals surface area contributed by atoms with Gasteiger partial charge < -0.3 is 9.47 Å². The molecule has 1 aliphatic rings. The van der Waals surface area contributed by atoms with Crippen molar-refractivity contribution in [1.29, 1.82) is 0 Å². The smallest absolute Gasteiger partial charge is 0.240 e.